The Labute approximate surface area is 81.8 Å². The van der Waals surface area contributed by atoms with Crippen LogP contribution in [0.1, 0.15) is 22.6 Å². The molecule has 0 radical (unpaired) electrons. The van der Waals surface area contributed by atoms with Crippen LogP contribution in [0.15, 0.2) is 12.4 Å². The third-order valence-corrected chi connectivity index (χ3v) is 1.53. The van der Waals surface area contributed by atoms with Gasteiger partial charge in [-0.1, -0.05) is 0 Å². The summed E-state index contributed by atoms with van der Waals surface area (Å²) in [5.41, 5.74) is 0.936. The molecule has 1 aromatic heterocycles. The molecule has 0 aliphatic carbocycles. The van der Waals surface area contributed by atoms with Crippen molar-refractivity contribution in [3.63, 3.8) is 0 Å². The molecule has 0 spiro atoms. The van der Waals surface area contributed by atoms with Crippen LogP contribution >= 0.6 is 0 Å². The van der Waals surface area contributed by atoms with E-state index in [0.717, 1.165) is 5.69 Å². The summed E-state index contributed by atoms with van der Waals surface area (Å²) in [6, 6.07) is 0. The van der Waals surface area contributed by atoms with Crippen LogP contribution in [0.4, 0.5) is 0 Å². The highest BCUT2D eigenvalue weighted by atomic mass is 16.5. The van der Waals surface area contributed by atoms with E-state index < -0.39 is 5.97 Å². The van der Waals surface area contributed by atoms with Crippen LogP contribution in [-0.4, -0.2) is 34.3 Å². The third-order valence-electron chi connectivity index (χ3n) is 1.53. The zero-order chi connectivity index (χ0) is 10.4. The van der Waals surface area contributed by atoms with Crippen molar-refractivity contribution in [2.24, 2.45) is 0 Å². The fourth-order valence-electron chi connectivity index (χ4n) is 0.801. The van der Waals surface area contributed by atoms with Gasteiger partial charge in [0.15, 0.2) is 5.69 Å². The number of aromatic nitrogens is 2. The lowest BCUT2D eigenvalue weighted by molar-refractivity contribution is 0.0474. The normalized spacial score (nSPS) is 9.86. The van der Waals surface area contributed by atoms with Gasteiger partial charge < -0.3 is 9.84 Å². The lowest BCUT2D eigenvalue weighted by atomic mass is 10.4. The highest BCUT2D eigenvalue weighted by Crippen LogP contribution is 1.97. The Hall–Kier alpha value is -1.49. The molecule has 1 heterocycles. The minimum atomic E-state index is -0.508. The van der Waals surface area contributed by atoms with Crippen molar-refractivity contribution in [1.29, 1.82) is 0 Å². The highest BCUT2D eigenvalue weighted by molar-refractivity contribution is 5.86. The number of aliphatic hydroxyl groups excluding tert-OH is 1. The van der Waals surface area contributed by atoms with Gasteiger partial charge in [-0.15, -0.1) is 0 Å². The Morgan fingerprint density at radius 3 is 2.86 bits per heavy atom. The molecule has 1 N–H and O–H groups in total. The number of hydrogen-bond acceptors (Lipinski definition) is 5. The Morgan fingerprint density at radius 1 is 1.50 bits per heavy atom. The maximum absolute atomic E-state index is 11.2. The van der Waals surface area contributed by atoms with E-state index >= 15 is 0 Å². The first-order chi connectivity index (χ1) is 6.74. The highest BCUT2D eigenvalue weighted by Gasteiger charge is 2.07. The second kappa shape index (κ2) is 5.29. The van der Waals surface area contributed by atoms with Crippen molar-refractivity contribution in [1.82, 2.24) is 9.97 Å². The maximum atomic E-state index is 11.2. The first-order valence-corrected chi connectivity index (χ1v) is 4.30. The van der Waals surface area contributed by atoms with Crippen LogP contribution in [0.2, 0.25) is 0 Å². The average Bonchev–Trinajstić information content (AvgIpc) is 2.19. The van der Waals surface area contributed by atoms with Crippen LogP contribution in [0.5, 0.6) is 0 Å². The molecular weight excluding hydrogens is 184 g/mol. The predicted octanol–water partition coefficient (Wildman–Crippen LogP) is 0.324. The maximum Gasteiger partial charge on any atom is 0.358 e. The Bertz CT molecular complexity index is 297. The largest absolute Gasteiger partial charge is 0.461 e. The van der Waals surface area contributed by atoms with Crippen LogP contribution in [0.3, 0.4) is 0 Å². The van der Waals surface area contributed by atoms with Crippen LogP contribution in [0, 0.1) is 6.92 Å². The molecule has 76 valence electrons. The molecule has 1 rings (SSSR count). The first kappa shape index (κ1) is 10.6. The van der Waals surface area contributed by atoms with Gasteiger partial charge in [0.25, 0.3) is 0 Å². The van der Waals surface area contributed by atoms with Gasteiger partial charge in [-0.3, -0.25) is 4.98 Å². The molecule has 0 saturated carbocycles. The molecule has 14 heavy (non-hydrogen) atoms. The predicted molar refractivity (Wildman–Crippen MR) is 48.8 cm³/mol. The number of ether oxygens (including phenoxy) is 1. The third kappa shape index (κ3) is 3.10. The second-order valence-electron chi connectivity index (χ2n) is 2.76. The molecule has 0 aromatic carbocycles. The van der Waals surface area contributed by atoms with Crippen molar-refractivity contribution in [3.05, 3.63) is 23.8 Å². The SMILES string of the molecule is Cc1cnc(C(=O)OCCCO)cn1. The summed E-state index contributed by atoms with van der Waals surface area (Å²) in [5.74, 6) is -0.508. The number of carbonyl (C=O) groups excluding carboxylic acids is 1. The van der Waals surface area contributed by atoms with Crippen molar-refractivity contribution in [3.8, 4) is 0 Å². The van der Waals surface area contributed by atoms with E-state index in [1.807, 2.05) is 0 Å². The molecule has 0 aliphatic heterocycles. The fraction of sp³-hybridized carbons (Fsp3) is 0.444. The molecule has 5 heteroatoms. The molecule has 0 bridgehead atoms. The summed E-state index contributed by atoms with van der Waals surface area (Å²) in [5, 5.41) is 8.47. The molecule has 5 nitrogen and oxygen atoms in total. The average molecular weight is 196 g/mol. The number of rotatable bonds is 4. The summed E-state index contributed by atoms with van der Waals surface area (Å²) in [7, 11) is 0. The summed E-state index contributed by atoms with van der Waals surface area (Å²) >= 11 is 0. The van der Waals surface area contributed by atoms with Crippen LogP contribution in [-0.2, 0) is 4.74 Å². The van der Waals surface area contributed by atoms with Gasteiger partial charge >= 0.3 is 5.97 Å². The number of carbonyl (C=O) groups is 1. The summed E-state index contributed by atoms with van der Waals surface area (Å²) in [4.78, 5) is 19.0. The lowest BCUT2D eigenvalue weighted by Gasteiger charge is -2.02. The standard InChI is InChI=1S/C9H12N2O3/c1-7-5-11-8(6-10-7)9(13)14-4-2-3-12/h5-6,12H,2-4H2,1H3. The zero-order valence-electron chi connectivity index (χ0n) is 7.93. The minimum absolute atomic E-state index is 0.00680. The molecular formula is C9H12N2O3. The van der Waals surface area contributed by atoms with E-state index in [1.54, 1.807) is 6.92 Å². The molecule has 0 atom stereocenters. The molecule has 0 fully saturated rings. The fourth-order valence-corrected chi connectivity index (χ4v) is 0.801. The molecule has 0 amide bonds. The topological polar surface area (TPSA) is 72.3 Å². The first-order valence-electron chi connectivity index (χ1n) is 4.30. The van der Waals surface area contributed by atoms with Gasteiger partial charge in [0, 0.05) is 19.2 Å². The van der Waals surface area contributed by atoms with Gasteiger partial charge in [-0.2, -0.15) is 0 Å². The van der Waals surface area contributed by atoms with Crippen LogP contribution < -0.4 is 0 Å². The number of aliphatic hydroxyl groups is 1. The van der Waals surface area contributed by atoms with E-state index in [4.69, 9.17) is 9.84 Å². The Balaban J connectivity index is 2.48. The van der Waals surface area contributed by atoms with E-state index in [2.05, 4.69) is 9.97 Å². The quantitative estimate of drug-likeness (QED) is 0.554. The molecule has 1 aromatic rings. The summed E-state index contributed by atoms with van der Waals surface area (Å²) < 4.78 is 4.81. The van der Waals surface area contributed by atoms with E-state index in [-0.39, 0.29) is 18.9 Å². The van der Waals surface area contributed by atoms with Crippen molar-refractivity contribution >= 4 is 5.97 Å². The summed E-state index contributed by atoms with van der Waals surface area (Å²) in [6.45, 7) is 1.99. The minimum Gasteiger partial charge on any atom is -0.461 e. The van der Waals surface area contributed by atoms with E-state index in [1.165, 1.54) is 12.4 Å². The van der Waals surface area contributed by atoms with Gasteiger partial charge in [0.05, 0.1) is 18.5 Å². The number of esters is 1. The Morgan fingerprint density at radius 2 is 2.29 bits per heavy atom. The van der Waals surface area contributed by atoms with Crippen LogP contribution in [0.25, 0.3) is 0 Å². The van der Waals surface area contributed by atoms with Gasteiger partial charge in [0.1, 0.15) is 0 Å². The van der Waals surface area contributed by atoms with Crippen molar-refractivity contribution in [2.75, 3.05) is 13.2 Å². The Kier molecular flexibility index (Phi) is 4.00. The monoisotopic (exact) mass is 196 g/mol. The van der Waals surface area contributed by atoms with Crippen molar-refractivity contribution < 1.29 is 14.6 Å². The number of aryl methyl sites for hydroxylation is 1. The smallest absolute Gasteiger partial charge is 0.358 e. The second-order valence-corrected chi connectivity index (χ2v) is 2.76. The lowest BCUT2D eigenvalue weighted by Crippen LogP contribution is -2.09. The summed E-state index contributed by atoms with van der Waals surface area (Å²) in [6.07, 6.45) is 3.31. The molecule has 0 unspecified atom stereocenters. The van der Waals surface area contributed by atoms with Gasteiger partial charge in [0.2, 0.25) is 0 Å². The molecule has 0 saturated heterocycles. The number of nitrogens with zero attached hydrogens (tertiary/aromatic N) is 2. The van der Waals surface area contributed by atoms with Gasteiger partial charge in [-0.05, 0) is 6.92 Å². The zero-order valence-corrected chi connectivity index (χ0v) is 7.93. The number of hydrogen-bond donors (Lipinski definition) is 1. The van der Waals surface area contributed by atoms with E-state index in [0.29, 0.717) is 6.42 Å². The van der Waals surface area contributed by atoms with Crippen molar-refractivity contribution in [2.45, 2.75) is 13.3 Å². The van der Waals surface area contributed by atoms with Gasteiger partial charge in [-0.25, -0.2) is 9.78 Å². The van der Waals surface area contributed by atoms with E-state index in [9.17, 15) is 4.79 Å². The molecule has 0 aliphatic rings.